The summed E-state index contributed by atoms with van der Waals surface area (Å²) >= 11 is 0. The zero-order chi connectivity index (χ0) is 11.9. The maximum Gasteiger partial charge on any atom is 0.101 e. The smallest absolute Gasteiger partial charge is 0.101 e. The number of rotatable bonds is 6. The van der Waals surface area contributed by atoms with E-state index in [1.54, 1.807) is 6.92 Å². The summed E-state index contributed by atoms with van der Waals surface area (Å²) < 4.78 is 11.0. The summed E-state index contributed by atoms with van der Waals surface area (Å²) in [5.74, 6) is 0. The second-order valence-corrected chi connectivity index (χ2v) is 4.67. The molecule has 1 aliphatic rings. The summed E-state index contributed by atoms with van der Waals surface area (Å²) in [6.07, 6.45) is 5.05. The topological polar surface area (TPSA) is 68.3 Å². The molecule has 0 saturated carbocycles. The number of nitrogens with zero attached hydrogens (tertiary/aromatic N) is 1. The Kier molecular flexibility index (Phi) is 5.75. The predicted octanol–water partition coefficient (Wildman–Crippen LogP) is 1.59. The van der Waals surface area contributed by atoms with Gasteiger partial charge in [-0.1, -0.05) is 0 Å². The van der Waals surface area contributed by atoms with Gasteiger partial charge in [0.1, 0.15) is 5.54 Å². The van der Waals surface area contributed by atoms with Crippen LogP contribution in [0, 0.1) is 11.3 Å². The third-order valence-corrected chi connectivity index (χ3v) is 2.87. The van der Waals surface area contributed by atoms with E-state index < -0.39 is 5.54 Å². The van der Waals surface area contributed by atoms with Gasteiger partial charge >= 0.3 is 0 Å². The lowest BCUT2D eigenvalue weighted by Crippen LogP contribution is -2.33. The highest BCUT2D eigenvalue weighted by Gasteiger charge is 2.17. The molecule has 1 atom stereocenters. The Morgan fingerprint density at radius 3 is 2.75 bits per heavy atom. The number of hydrogen-bond acceptors (Lipinski definition) is 4. The van der Waals surface area contributed by atoms with E-state index in [1.165, 1.54) is 0 Å². The fraction of sp³-hybridized carbons (Fsp3) is 0.917. The molecule has 0 aromatic carbocycles. The normalized spacial score (nSPS) is 21.3. The van der Waals surface area contributed by atoms with Gasteiger partial charge in [-0.05, 0) is 39.0 Å². The van der Waals surface area contributed by atoms with E-state index in [2.05, 4.69) is 6.07 Å². The quantitative estimate of drug-likeness (QED) is 0.698. The van der Waals surface area contributed by atoms with Gasteiger partial charge in [0, 0.05) is 19.8 Å². The summed E-state index contributed by atoms with van der Waals surface area (Å²) in [6, 6.07) is 2.10. The van der Waals surface area contributed by atoms with Crippen molar-refractivity contribution in [2.45, 2.75) is 50.7 Å². The van der Waals surface area contributed by atoms with E-state index in [4.69, 9.17) is 20.5 Å². The molecule has 4 nitrogen and oxygen atoms in total. The van der Waals surface area contributed by atoms with Crippen molar-refractivity contribution >= 4 is 0 Å². The second kappa shape index (κ2) is 6.85. The molecule has 1 heterocycles. The van der Waals surface area contributed by atoms with Crippen molar-refractivity contribution in [2.24, 2.45) is 5.73 Å². The minimum absolute atomic E-state index is 0.369. The van der Waals surface area contributed by atoms with Crippen molar-refractivity contribution in [1.82, 2.24) is 0 Å². The Balaban J connectivity index is 1.97. The number of ether oxygens (including phenoxy) is 2. The molecule has 0 amide bonds. The standard InChI is InChI=1S/C12H22N2O2/c1-12(14,10-13)6-2-3-7-16-11-4-8-15-9-5-11/h11H,2-9,14H2,1H3. The first kappa shape index (κ1) is 13.4. The van der Waals surface area contributed by atoms with Gasteiger partial charge in [0.25, 0.3) is 0 Å². The van der Waals surface area contributed by atoms with Crippen LogP contribution in [0.25, 0.3) is 0 Å². The first-order valence-corrected chi connectivity index (χ1v) is 6.03. The average molecular weight is 226 g/mol. The van der Waals surface area contributed by atoms with Gasteiger partial charge in [0.15, 0.2) is 0 Å². The van der Waals surface area contributed by atoms with E-state index in [0.717, 1.165) is 51.9 Å². The summed E-state index contributed by atoms with van der Waals surface area (Å²) in [5.41, 5.74) is 5.04. The van der Waals surface area contributed by atoms with Crippen LogP contribution >= 0.6 is 0 Å². The van der Waals surface area contributed by atoms with Gasteiger partial charge in [-0.2, -0.15) is 5.26 Å². The maximum atomic E-state index is 8.73. The molecule has 0 aromatic heterocycles. The van der Waals surface area contributed by atoms with Crippen LogP contribution in [0.5, 0.6) is 0 Å². The largest absolute Gasteiger partial charge is 0.381 e. The van der Waals surface area contributed by atoms with Crippen LogP contribution in [0.4, 0.5) is 0 Å². The molecule has 1 unspecified atom stereocenters. The van der Waals surface area contributed by atoms with Gasteiger partial charge in [-0.15, -0.1) is 0 Å². The van der Waals surface area contributed by atoms with Crippen molar-refractivity contribution in [2.75, 3.05) is 19.8 Å². The minimum Gasteiger partial charge on any atom is -0.381 e. The molecule has 0 aliphatic carbocycles. The van der Waals surface area contributed by atoms with Crippen molar-refractivity contribution in [3.05, 3.63) is 0 Å². The molecule has 0 aromatic rings. The number of unbranched alkanes of at least 4 members (excludes halogenated alkanes) is 1. The van der Waals surface area contributed by atoms with Crippen molar-refractivity contribution < 1.29 is 9.47 Å². The van der Waals surface area contributed by atoms with Crippen molar-refractivity contribution in [3.63, 3.8) is 0 Å². The zero-order valence-electron chi connectivity index (χ0n) is 10.1. The minimum atomic E-state index is -0.682. The first-order valence-electron chi connectivity index (χ1n) is 6.03. The van der Waals surface area contributed by atoms with E-state index in [1.807, 2.05) is 0 Å². The van der Waals surface area contributed by atoms with Gasteiger partial charge in [0.2, 0.25) is 0 Å². The molecule has 1 aliphatic heterocycles. The Labute approximate surface area is 97.7 Å². The molecular weight excluding hydrogens is 204 g/mol. The fourth-order valence-electron chi connectivity index (χ4n) is 1.74. The fourth-order valence-corrected chi connectivity index (χ4v) is 1.74. The summed E-state index contributed by atoms with van der Waals surface area (Å²) in [7, 11) is 0. The molecule has 4 heteroatoms. The Morgan fingerprint density at radius 2 is 2.12 bits per heavy atom. The van der Waals surface area contributed by atoms with E-state index in [9.17, 15) is 0 Å². The molecule has 1 fully saturated rings. The van der Waals surface area contributed by atoms with Gasteiger partial charge in [-0.3, -0.25) is 0 Å². The van der Waals surface area contributed by atoms with Crippen LogP contribution < -0.4 is 5.73 Å². The molecule has 2 N–H and O–H groups in total. The lowest BCUT2D eigenvalue weighted by molar-refractivity contribution is -0.0328. The molecule has 16 heavy (non-hydrogen) atoms. The highest BCUT2D eigenvalue weighted by molar-refractivity contribution is 5.00. The SMILES string of the molecule is CC(N)(C#N)CCCCOC1CCOCC1. The summed E-state index contributed by atoms with van der Waals surface area (Å²) in [6.45, 7) is 4.18. The molecular formula is C12H22N2O2. The molecule has 1 rings (SSSR count). The third-order valence-electron chi connectivity index (χ3n) is 2.87. The number of nitrogens with two attached hydrogens (primary N) is 1. The van der Waals surface area contributed by atoms with Gasteiger partial charge < -0.3 is 15.2 Å². The molecule has 0 bridgehead atoms. The van der Waals surface area contributed by atoms with Crippen LogP contribution in [-0.2, 0) is 9.47 Å². The van der Waals surface area contributed by atoms with Crippen LogP contribution in [0.1, 0.15) is 39.0 Å². The molecule has 0 radical (unpaired) electrons. The van der Waals surface area contributed by atoms with Crippen molar-refractivity contribution in [1.29, 1.82) is 5.26 Å². The van der Waals surface area contributed by atoms with Crippen LogP contribution in [0.3, 0.4) is 0 Å². The molecule has 92 valence electrons. The number of nitriles is 1. The van der Waals surface area contributed by atoms with E-state index >= 15 is 0 Å². The van der Waals surface area contributed by atoms with Crippen LogP contribution in [0.2, 0.25) is 0 Å². The average Bonchev–Trinajstić information content (AvgIpc) is 2.30. The van der Waals surface area contributed by atoms with Gasteiger partial charge in [0.05, 0.1) is 12.2 Å². The highest BCUT2D eigenvalue weighted by Crippen LogP contribution is 2.13. The Morgan fingerprint density at radius 1 is 1.44 bits per heavy atom. The summed E-state index contributed by atoms with van der Waals surface area (Å²) in [5, 5.41) is 8.73. The number of hydrogen-bond donors (Lipinski definition) is 1. The molecule has 1 saturated heterocycles. The zero-order valence-corrected chi connectivity index (χ0v) is 10.1. The van der Waals surface area contributed by atoms with Crippen LogP contribution in [0.15, 0.2) is 0 Å². The van der Waals surface area contributed by atoms with Crippen molar-refractivity contribution in [3.8, 4) is 6.07 Å². The van der Waals surface area contributed by atoms with E-state index in [0.29, 0.717) is 6.10 Å². The summed E-state index contributed by atoms with van der Waals surface area (Å²) in [4.78, 5) is 0. The Bertz CT molecular complexity index is 230. The van der Waals surface area contributed by atoms with Gasteiger partial charge in [-0.25, -0.2) is 0 Å². The lowest BCUT2D eigenvalue weighted by Gasteiger charge is -2.22. The maximum absolute atomic E-state index is 8.73. The van der Waals surface area contributed by atoms with Crippen LogP contribution in [-0.4, -0.2) is 31.5 Å². The lowest BCUT2D eigenvalue weighted by atomic mass is 9.98. The third kappa shape index (κ3) is 5.45. The first-order chi connectivity index (χ1) is 7.64. The Hall–Kier alpha value is -0.630. The molecule has 0 spiro atoms. The van der Waals surface area contributed by atoms with E-state index in [-0.39, 0.29) is 0 Å². The second-order valence-electron chi connectivity index (χ2n) is 4.67. The predicted molar refractivity (Wildman–Crippen MR) is 61.8 cm³/mol. The highest BCUT2D eigenvalue weighted by atomic mass is 16.5. The monoisotopic (exact) mass is 226 g/mol.